The maximum atomic E-state index is 12.0. The molecule has 0 aliphatic carbocycles. The Balaban J connectivity index is 1.90. The lowest BCUT2D eigenvalue weighted by Gasteiger charge is -2.14. The van der Waals surface area contributed by atoms with Crippen LogP contribution < -0.4 is 10.6 Å². The van der Waals surface area contributed by atoms with Crippen LogP contribution in [0.2, 0.25) is 0 Å². The summed E-state index contributed by atoms with van der Waals surface area (Å²) in [5, 5.41) is 5.90. The molecular formula is C13H18N6O. The molecule has 1 amide bonds. The van der Waals surface area contributed by atoms with Crippen molar-refractivity contribution in [2.24, 2.45) is 0 Å². The van der Waals surface area contributed by atoms with E-state index in [0.29, 0.717) is 18.1 Å². The van der Waals surface area contributed by atoms with Gasteiger partial charge in [0.05, 0.1) is 18.7 Å². The first-order valence-electron chi connectivity index (χ1n) is 6.51. The maximum Gasteiger partial charge on any atom is 0.271 e. The van der Waals surface area contributed by atoms with Crippen molar-refractivity contribution in [3.63, 3.8) is 0 Å². The molecule has 2 rings (SSSR count). The highest BCUT2D eigenvalue weighted by Gasteiger charge is 2.11. The van der Waals surface area contributed by atoms with Gasteiger partial charge in [-0.1, -0.05) is 0 Å². The topological polar surface area (TPSA) is 84.7 Å². The van der Waals surface area contributed by atoms with Gasteiger partial charge < -0.3 is 15.2 Å². The molecule has 0 aliphatic heterocycles. The number of imidazole rings is 1. The first kappa shape index (κ1) is 14.0. The van der Waals surface area contributed by atoms with Crippen molar-refractivity contribution in [2.75, 3.05) is 11.9 Å². The van der Waals surface area contributed by atoms with Crippen LogP contribution in [0.25, 0.3) is 0 Å². The van der Waals surface area contributed by atoms with E-state index in [0.717, 1.165) is 6.54 Å². The summed E-state index contributed by atoms with van der Waals surface area (Å²) in [5.74, 6) is 0.434. The van der Waals surface area contributed by atoms with Crippen LogP contribution in [-0.4, -0.2) is 38.0 Å². The second kappa shape index (κ2) is 6.65. The zero-order valence-corrected chi connectivity index (χ0v) is 11.6. The molecule has 1 unspecified atom stereocenters. The third kappa shape index (κ3) is 3.78. The van der Waals surface area contributed by atoms with Crippen molar-refractivity contribution >= 4 is 11.7 Å². The fourth-order valence-corrected chi connectivity index (χ4v) is 1.77. The van der Waals surface area contributed by atoms with Gasteiger partial charge in [0.1, 0.15) is 11.5 Å². The average Bonchev–Trinajstić information content (AvgIpc) is 2.92. The van der Waals surface area contributed by atoms with E-state index in [1.165, 1.54) is 6.20 Å². The minimum absolute atomic E-state index is 0.0213. The fourth-order valence-electron chi connectivity index (χ4n) is 1.77. The molecule has 0 saturated carbocycles. The van der Waals surface area contributed by atoms with Gasteiger partial charge in [-0.15, -0.1) is 0 Å². The molecule has 0 spiro atoms. The number of anilines is 1. The second-order valence-corrected chi connectivity index (χ2v) is 4.45. The summed E-state index contributed by atoms with van der Waals surface area (Å²) in [6, 6.07) is -0.0213. The van der Waals surface area contributed by atoms with Crippen LogP contribution in [0.15, 0.2) is 31.1 Å². The molecule has 20 heavy (non-hydrogen) atoms. The lowest BCUT2D eigenvalue weighted by atomic mass is 10.3. The Morgan fingerprint density at radius 2 is 2.25 bits per heavy atom. The molecule has 0 bridgehead atoms. The van der Waals surface area contributed by atoms with E-state index in [9.17, 15) is 4.79 Å². The Bertz CT molecular complexity index is 536. The smallest absolute Gasteiger partial charge is 0.271 e. The van der Waals surface area contributed by atoms with Crippen LogP contribution in [0, 0.1) is 0 Å². The summed E-state index contributed by atoms with van der Waals surface area (Å²) in [5.41, 5.74) is 0.309. The van der Waals surface area contributed by atoms with Crippen molar-refractivity contribution in [3.05, 3.63) is 36.8 Å². The van der Waals surface area contributed by atoms with Gasteiger partial charge in [0.25, 0.3) is 5.91 Å². The third-order valence-corrected chi connectivity index (χ3v) is 2.66. The largest absolute Gasteiger partial charge is 0.369 e. The van der Waals surface area contributed by atoms with Gasteiger partial charge in [-0.25, -0.2) is 15.0 Å². The van der Waals surface area contributed by atoms with Gasteiger partial charge in [-0.3, -0.25) is 4.79 Å². The number of carbonyl (C=O) groups excluding carboxylic acids is 1. The van der Waals surface area contributed by atoms with E-state index in [1.54, 1.807) is 18.7 Å². The first-order valence-corrected chi connectivity index (χ1v) is 6.51. The van der Waals surface area contributed by atoms with E-state index < -0.39 is 0 Å². The SMILES string of the molecule is CCNc1cnc(C(=O)NC(C)Cn2ccnc2)cn1. The molecule has 0 aliphatic rings. The van der Waals surface area contributed by atoms with Gasteiger partial charge in [0.15, 0.2) is 0 Å². The summed E-state index contributed by atoms with van der Waals surface area (Å²) in [4.78, 5) is 24.2. The first-order chi connectivity index (χ1) is 9.69. The van der Waals surface area contributed by atoms with Gasteiger partial charge in [-0.05, 0) is 13.8 Å². The van der Waals surface area contributed by atoms with Crippen molar-refractivity contribution < 1.29 is 4.79 Å². The zero-order chi connectivity index (χ0) is 14.4. The van der Waals surface area contributed by atoms with Crippen LogP contribution >= 0.6 is 0 Å². The number of carbonyl (C=O) groups is 1. The van der Waals surface area contributed by atoms with Gasteiger partial charge in [0, 0.05) is 31.5 Å². The number of hydrogen-bond acceptors (Lipinski definition) is 5. The molecule has 2 heterocycles. The van der Waals surface area contributed by atoms with Crippen LogP contribution in [0.1, 0.15) is 24.3 Å². The number of amides is 1. The minimum Gasteiger partial charge on any atom is -0.369 e. The fraction of sp³-hybridized carbons (Fsp3) is 0.385. The lowest BCUT2D eigenvalue weighted by Crippen LogP contribution is -2.36. The number of nitrogens with one attached hydrogen (secondary N) is 2. The third-order valence-electron chi connectivity index (χ3n) is 2.66. The molecule has 7 heteroatoms. The van der Waals surface area contributed by atoms with Crippen LogP contribution in [0.3, 0.4) is 0 Å². The monoisotopic (exact) mass is 274 g/mol. The van der Waals surface area contributed by atoms with Crippen LogP contribution in [0.5, 0.6) is 0 Å². The number of aromatic nitrogens is 4. The Morgan fingerprint density at radius 3 is 2.85 bits per heavy atom. The summed E-state index contributed by atoms with van der Waals surface area (Å²) >= 11 is 0. The summed E-state index contributed by atoms with van der Waals surface area (Å²) in [6.45, 7) is 5.33. The van der Waals surface area contributed by atoms with E-state index in [2.05, 4.69) is 25.6 Å². The Morgan fingerprint density at radius 1 is 1.40 bits per heavy atom. The lowest BCUT2D eigenvalue weighted by molar-refractivity contribution is 0.0931. The quantitative estimate of drug-likeness (QED) is 0.818. The molecule has 0 radical (unpaired) electrons. The normalized spacial score (nSPS) is 11.9. The van der Waals surface area contributed by atoms with E-state index in [-0.39, 0.29) is 11.9 Å². The molecule has 0 fully saturated rings. The Labute approximate surface area is 117 Å². The van der Waals surface area contributed by atoms with Crippen molar-refractivity contribution in [3.8, 4) is 0 Å². The van der Waals surface area contributed by atoms with E-state index >= 15 is 0 Å². The Hall–Kier alpha value is -2.44. The minimum atomic E-state index is -0.229. The van der Waals surface area contributed by atoms with Gasteiger partial charge in [-0.2, -0.15) is 0 Å². The maximum absolute atomic E-state index is 12.0. The zero-order valence-electron chi connectivity index (χ0n) is 11.6. The standard InChI is InChI=1S/C13H18N6O/c1-3-15-12-7-16-11(6-17-12)13(20)18-10(2)8-19-5-4-14-9-19/h4-7,9-10H,3,8H2,1-2H3,(H,15,17)(H,18,20). The molecule has 1 atom stereocenters. The number of nitrogens with zero attached hydrogens (tertiary/aromatic N) is 4. The summed E-state index contributed by atoms with van der Waals surface area (Å²) < 4.78 is 1.91. The highest BCUT2D eigenvalue weighted by atomic mass is 16.1. The number of hydrogen-bond donors (Lipinski definition) is 2. The Kier molecular flexibility index (Phi) is 4.65. The molecule has 2 aromatic rings. The molecule has 7 nitrogen and oxygen atoms in total. The van der Waals surface area contributed by atoms with Crippen molar-refractivity contribution in [2.45, 2.75) is 26.4 Å². The second-order valence-electron chi connectivity index (χ2n) is 4.45. The van der Waals surface area contributed by atoms with Gasteiger partial charge >= 0.3 is 0 Å². The highest BCUT2D eigenvalue weighted by Crippen LogP contribution is 2.01. The molecule has 2 N–H and O–H groups in total. The predicted octanol–water partition coefficient (Wildman–Crippen LogP) is 0.923. The van der Waals surface area contributed by atoms with E-state index in [4.69, 9.17) is 0 Å². The average molecular weight is 274 g/mol. The van der Waals surface area contributed by atoms with Gasteiger partial charge in [0.2, 0.25) is 0 Å². The summed E-state index contributed by atoms with van der Waals surface area (Å²) in [6.07, 6.45) is 8.30. The van der Waals surface area contributed by atoms with Crippen LogP contribution in [-0.2, 0) is 6.54 Å². The molecular weight excluding hydrogens is 256 g/mol. The highest BCUT2D eigenvalue weighted by molar-refractivity contribution is 5.92. The molecule has 2 aromatic heterocycles. The molecule has 106 valence electrons. The predicted molar refractivity (Wildman–Crippen MR) is 75.4 cm³/mol. The van der Waals surface area contributed by atoms with Crippen LogP contribution in [0.4, 0.5) is 5.82 Å². The summed E-state index contributed by atoms with van der Waals surface area (Å²) in [7, 11) is 0. The van der Waals surface area contributed by atoms with E-state index in [1.807, 2.05) is 24.6 Å². The van der Waals surface area contributed by atoms with Crippen molar-refractivity contribution in [1.29, 1.82) is 0 Å². The molecule has 0 aromatic carbocycles. The molecule has 0 saturated heterocycles. The number of rotatable bonds is 6. The van der Waals surface area contributed by atoms with Crippen molar-refractivity contribution in [1.82, 2.24) is 24.8 Å².